The van der Waals surface area contributed by atoms with Gasteiger partial charge in [0.2, 0.25) is 5.91 Å². The molecule has 2 atom stereocenters. The SMILES string of the molecule is CC(C)(C)OC(=O)NCCC(=O)N=C1S[C@H]2CS(=O)(=O)C[C@@H]2N1c1cccc(Br)c1. The number of hydrogen-bond donors (Lipinski definition) is 1. The smallest absolute Gasteiger partial charge is 0.407 e. The van der Waals surface area contributed by atoms with Gasteiger partial charge in [-0.05, 0) is 39.0 Å². The number of carbonyl (C=O) groups is 2. The number of hydrogen-bond acceptors (Lipinski definition) is 6. The fraction of sp³-hybridized carbons (Fsp3) is 0.526. The molecule has 3 rings (SSSR count). The van der Waals surface area contributed by atoms with E-state index in [0.717, 1.165) is 10.2 Å². The third-order valence-corrected chi connectivity index (χ3v) is 8.08. The van der Waals surface area contributed by atoms with Crippen LogP contribution in [-0.2, 0) is 19.4 Å². The minimum Gasteiger partial charge on any atom is -0.444 e. The Morgan fingerprint density at radius 1 is 1.33 bits per heavy atom. The van der Waals surface area contributed by atoms with E-state index in [4.69, 9.17) is 4.74 Å². The summed E-state index contributed by atoms with van der Waals surface area (Å²) in [6.07, 6.45) is -0.572. The van der Waals surface area contributed by atoms with Crippen molar-refractivity contribution in [2.75, 3.05) is 23.0 Å². The summed E-state index contributed by atoms with van der Waals surface area (Å²) in [6.45, 7) is 5.38. The van der Waals surface area contributed by atoms with Crippen molar-refractivity contribution in [1.82, 2.24) is 5.32 Å². The Kier molecular flexibility index (Phi) is 6.83. The summed E-state index contributed by atoms with van der Waals surface area (Å²) < 4.78 is 30.2. The van der Waals surface area contributed by atoms with E-state index >= 15 is 0 Å². The zero-order chi connectivity index (χ0) is 22.1. The average molecular weight is 518 g/mol. The van der Waals surface area contributed by atoms with Crippen LogP contribution in [0.25, 0.3) is 0 Å². The molecule has 30 heavy (non-hydrogen) atoms. The molecule has 0 spiro atoms. The predicted molar refractivity (Wildman–Crippen MR) is 122 cm³/mol. The lowest BCUT2D eigenvalue weighted by Gasteiger charge is -2.24. The fourth-order valence-electron chi connectivity index (χ4n) is 3.24. The molecule has 1 aromatic carbocycles. The maximum Gasteiger partial charge on any atom is 0.407 e. The molecule has 2 heterocycles. The van der Waals surface area contributed by atoms with Gasteiger partial charge in [-0.2, -0.15) is 4.99 Å². The number of nitrogens with zero attached hydrogens (tertiary/aromatic N) is 2. The van der Waals surface area contributed by atoms with Crippen LogP contribution in [0.15, 0.2) is 33.7 Å². The second-order valence-electron chi connectivity index (χ2n) is 8.12. The van der Waals surface area contributed by atoms with Crippen molar-refractivity contribution in [3.05, 3.63) is 28.7 Å². The fourth-order valence-corrected chi connectivity index (χ4v) is 7.56. The van der Waals surface area contributed by atoms with Gasteiger partial charge in [-0.15, -0.1) is 0 Å². The lowest BCUT2D eigenvalue weighted by Crippen LogP contribution is -2.37. The van der Waals surface area contributed by atoms with E-state index in [1.54, 1.807) is 20.8 Å². The number of anilines is 1. The number of carbonyl (C=O) groups excluding carboxylic acids is 2. The van der Waals surface area contributed by atoms with Crippen molar-refractivity contribution in [3.63, 3.8) is 0 Å². The molecule has 2 saturated heterocycles. The molecule has 11 heteroatoms. The minimum atomic E-state index is -3.12. The highest BCUT2D eigenvalue weighted by atomic mass is 79.9. The topological polar surface area (TPSA) is 105 Å². The lowest BCUT2D eigenvalue weighted by atomic mass is 10.2. The van der Waals surface area contributed by atoms with Gasteiger partial charge in [0.05, 0.1) is 17.5 Å². The minimum absolute atomic E-state index is 0.0171. The number of alkyl carbamates (subject to hydrolysis) is 1. The number of aliphatic imine (C=N–C) groups is 1. The van der Waals surface area contributed by atoms with Crippen molar-refractivity contribution < 1.29 is 22.7 Å². The van der Waals surface area contributed by atoms with Crippen LogP contribution in [0.3, 0.4) is 0 Å². The standard InChI is InChI=1S/C19H24BrN3O5S2/c1-19(2,3)28-18(25)21-8-7-16(24)22-17-23(13-6-4-5-12(20)9-13)14-10-30(26,27)11-15(14)29-17/h4-6,9,14-15H,7-8,10-11H2,1-3H3,(H,21,25)/t14-,15-/m0/s1. The third-order valence-electron chi connectivity index (χ3n) is 4.38. The molecule has 8 nitrogen and oxygen atoms in total. The number of ether oxygens (including phenoxy) is 1. The highest BCUT2D eigenvalue weighted by Gasteiger charge is 2.49. The first-order valence-electron chi connectivity index (χ1n) is 9.44. The average Bonchev–Trinajstić information content (AvgIpc) is 3.03. The zero-order valence-electron chi connectivity index (χ0n) is 16.9. The molecule has 164 valence electrons. The molecule has 0 saturated carbocycles. The normalized spacial score (nSPS) is 24.0. The van der Waals surface area contributed by atoms with Crippen molar-refractivity contribution in [2.24, 2.45) is 4.99 Å². The maximum absolute atomic E-state index is 12.4. The largest absolute Gasteiger partial charge is 0.444 e. The summed E-state index contributed by atoms with van der Waals surface area (Å²) in [6, 6.07) is 7.20. The van der Waals surface area contributed by atoms with Gasteiger partial charge in [-0.3, -0.25) is 4.79 Å². The molecule has 2 fully saturated rings. The van der Waals surface area contributed by atoms with Gasteiger partial charge in [-0.25, -0.2) is 13.2 Å². The summed E-state index contributed by atoms with van der Waals surface area (Å²) in [4.78, 5) is 30.2. The van der Waals surface area contributed by atoms with Gasteiger partial charge in [0.25, 0.3) is 0 Å². The summed E-state index contributed by atoms with van der Waals surface area (Å²) in [5.74, 6) is -0.290. The first-order chi connectivity index (χ1) is 13.9. The van der Waals surface area contributed by atoms with Crippen molar-refractivity contribution >= 4 is 60.4 Å². The first-order valence-corrected chi connectivity index (χ1v) is 12.9. The Morgan fingerprint density at radius 2 is 2.07 bits per heavy atom. The molecular weight excluding hydrogens is 494 g/mol. The molecule has 1 N–H and O–H groups in total. The monoisotopic (exact) mass is 517 g/mol. The van der Waals surface area contributed by atoms with Crippen LogP contribution in [0, 0.1) is 0 Å². The Bertz CT molecular complexity index is 975. The summed E-state index contributed by atoms with van der Waals surface area (Å²) in [5, 5.41) is 2.86. The van der Waals surface area contributed by atoms with Crippen LogP contribution in [0.2, 0.25) is 0 Å². The number of nitrogens with one attached hydrogen (secondary N) is 1. The molecule has 1 aromatic rings. The summed E-state index contributed by atoms with van der Waals surface area (Å²) in [7, 11) is -3.12. The second-order valence-corrected chi connectivity index (χ2v) is 12.4. The van der Waals surface area contributed by atoms with Crippen LogP contribution < -0.4 is 10.2 Å². The molecule has 0 bridgehead atoms. The van der Waals surface area contributed by atoms with Crippen molar-refractivity contribution in [3.8, 4) is 0 Å². The van der Waals surface area contributed by atoms with Crippen molar-refractivity contribution in [2.45, 2.75) is 44.1 Å². The number of sulfone groups is 1. The number of amides is 2. The Balaban J connectivity index is 1.71. The summed E-state index contributed by atoms with van der Waals surface area (Å²) >= 11 is 4.75. The van der Waals surface area contributed by atoms with Crippen molar-refractivity contribution in [1.29, 1.82) is 0 Å². The highest BCUT2D eigenvalue weighted by molar-refractivity contribution is 9.10. The summed E-state index contributed by atoms with van der Waals surface area (Å²) in [5.41, 5.74) is 0.164. The van der Waals surface area contributed by atoms with E-state index < -0.39 is 27.4 Å². The van der Waals surface area contributed by atoms with E-state index in [-0.39, 0.29) is 35.8 Å². The van der Waals surface area contributed by atoms with Gasteiger partial charge in [-0.1, -0.05) is 33.8 Å². The van der Waals surface area contributed by atoms with Crippen LogP contribution >= 0.6 is 27.7 Å². The van der Waals surface area contributed by atoms with E-state index in [1.165, 1.54) is 11.8 Å². The number of fused-ring (bicyclic) bond motifs is 1. The molecule has 0 aromatic heterocycles. The molecule has 0 unspecified atom stereocenters. The molecular formula is C19H24BrN3O5S2. The third kappa shape index (κ3) is 5.98. The van der Waals surface area contributed by atoms with Crippen LogP contribution in [-0.4, -0.2) is 60.5 Å². The van der Waals surface area contributed by atoms with Gasteiger partial charge in [0.15, 0.2) is 15.0 Å². The quantitative estimate of drug-likeness (QED) is 0.654. The second kappa shape index (κ2) is 8.88. The number of thioether (sulfide) groups is 1. The van der Waals surface area contributed by atoms with E-state index in [1.807, 2.05) is 29.2 Å². The Morgan fingerprint density at radius 3 is 2.73 bits per heavy atom. The molecule has 0 aliphatic carbocycles. The molecule has 2 aliphatic rings. The lowest BCUT2D eigenvalue weighted by molar-refractivity contribution is -0.117. The van der Waals surface area contributed by atoms with Crippen LogP contribution in [0.1, 0.15) is 27.2 Å². The van der Waals surface area contributed by atoms with E-state index in [0.29, 0.717) is 5.17 Å². The number of rotatable bonds is 4. The molecule has 2 amide bonds. The number of amidine groups is 1. The first kappa shape index (κ1) is 23.1. The highest BCUT2D eigenvalue weighted by Crippen LogP contribution is 2.41. The zero-order valence-corrected chi connectivity index (χ0v) is 20.1. The Labute approximate surface area is 188 Å². The van der Waals surface area contributed by atoms with Gasteiger partial charge in [0.1, 0.15) is 5.60 Å². The number of benzene rings is 1. The van der Waals surface area contributed by atoms with Crippen LogP contribution in [0.4, 0.5) is 10.5 Å². The molecule has 2 aliphatic heterocycles. The van der Waals surface area contributed by atoms with Crippen LogP contribution in [0.5, 0.6) is 0 Å². The predicted octanol–water partition coefficient (Wildman–Crippen LogP) is 2.97. The van der Waals surface area contributed by atoms with E-state index in [2.05, 4.69) is 26.2 Å². The van der Waals surface area contributed by atoms with Gasteiger partial charge < -0.3 is 15.0 Å². The van der Waals surface area contributed by atoms with Gasteiger partial charge in [0, 0.05) is 28.4 Å². The number of halogens is 1. The Hall–Kier alpha value is -1.59. The maximum atomic E-state index is 12.4. The van der Waals surface area contributed by atoms with E-state index in [9.17, 15) is 18.0 Å². The van der Waals surface area contributed by atoms with Gasteiger partial charge >= 0.3 is 6.09 Å². The molecule has 0 radical (unpaired) electrons.